The third kappa shape index (κ3) is 17.3. The normalized spacial score (nSPS) is 13.3. The van der Waals surface area contributed by atoms with E-state index in [0.29, 0.717) is 0 Å². The lowest BCUT2D eigenvalue weighted by molar-refractivity contribution is -0.139. The number of ether oxygens (including phenoxy) is 1. The molecule has 0 rings (SSSR count). The summed E-state index contributed by atoms with van der Waals surface area (Å²) in [5.74, 6) is -0.603. The molecule has 6 nitrogen and oxygen atoms in total. The number of carbonyl (C=O) groups is 1. The van der Waals surface area contributed by atoms with Gasteiger partial charge in [-0.1, -0.05) is 51.9 Å². The molecule has 0 aliphatic heterocycles. The van der Waals surface area contributed by atoms with Crippen molar-refractivity contribution in [3.8, 4) is 0 Å². The van der Waals surface area contributed by atoms with Crippen molar-refractivity contribution < 1.29 is 26.7 Å². The Balaban J connectivity index is 3.54. The Morgan fingerprint density at radius 2 is 1.65 bits per heavy atom. The minimum absolute atomic E-state index is 0.248. The van der Waals surface area contributed by atoms with Crippen LogP contribution in [0.3, 0.4) is 0 Å². The van der Waals surface area contributed by atoms with E-state index in [9.17, 15) is 13.2 Å². The van der Waals surface area contributed by atoms with Gasteiger partial charge in [0, 0.05) is 0 Å². The number of hydrogen-bond donors (Lipinski definition) is 1. The van der Waals surface area contributed by atoms with Gasteiger partial charge in [-0.3, -0.25) is 9.35 Å². The SMILES string of the molecule is CCCCCCCCCCC=COC(=O)CC(C)OS(=O)(=O)O. The number of unbranched alkanes of at least 4 members (excludes halogenated alkanes) is 8. The summed E-state index contributed by atoms with van der Waals surface area (Å²) in [4.78, 5) is 11.4. The maximum absolute atomic E-state index is 11.4. The zero-order chi connectivity index (χ0) is 17.6. The van der Waals surface area contributed by atoms with Gasteiger partial charge in [-0.05, 0) is 25.8 Å². The van der Waals surface area contributed by atoms with E-state index >= 15 is 0 Å². The van der Waals surface area contributed by atoms with E-state index in [-0.39, 0.29) is 6.42 Å². The van der Waals surface area contributed by atoms with Crippen LogP contribution >= 0.6 is 0 Å². The monoisotopic (exact) mass is 350 g/mol. The van der Waals surface area contributed by atoms with Crippen LogP contribution in [0.5, 0.6) is 0 Å². The van der Waals surface area contributed by atoms with Crippen LogP contribution < -0.4 is 0 Å². The maximum Gasteiger partial charge on any atom is 0.397 e. The smallest absolute Gasteiger partial charge is 0.397 e. The van der Waals surface area contributed by atoms with Crippen LogP contribution in [0.25, 0.3) is 0 Å². The molecule has 7 heteroatoms. The van der Waals surface area contributed by atoms with E-state index < -0.39 is 22.5 Å². The molecule has 0 saturated heterocycles. The summed E-state index contributed by atoms with van der Waals surface area (Å²) in [5, 5.41) is 0. The quantitative estimate of drug-likeness (QED) is 0.219. The van der Waals surface area contributed by atoms with Crippen LogP contribution in [0.15, 0.2) is 12.3 Å². The van der Waals surface area contributed by atoms with Crippen molar-refractivity contribution in [2.24, 2.45) is 0 Å². The molecule has 0 spiro atoms. The fourth-order valence-electron chi connectivity index (χ4n) is 2.11. The number of rotatable bonds is 14. The molecule has 0 fully saturated rings. The van der Waals surface area contributed by atoms with Crippen molar-refractivity contribution >= 4 is 16.4 Å². The maximum atomic E-state index is 11.4. The zero-order valence-corrected chi connectivity index (χ0v) is 15.0. The van der Waals surface area contributed by atoms with Gasteiger partial charge in [0.1, 0.15) is 0 Å². The van der Waals surface area contributed by atoms with Crippen molar-refractivity contribution in [2.45, 2.75) is 84.2 Å². The first-order valence-corrected chi connectivity index (χ1v) is 9.72. The number of hydrogen-bond acceptors (Lipinski definition) is 5. The Labute approximate surface area is 140 Å². The van der Waals surface area contributed by atoms with Crippen LogP contribution in [0, 0.1) is 0 Å². The van der Waals surface area contributed by atoms with Gasteiger partial charge >= 0.3 is 16.4 Å². The fraction of sp³-hybridized carbons (Fsp3) is 0.812. The molecule has 0 aliphatic carbocycles. The average Bonchev–Trinajstić information content (AvgIpc) is 2.42. The van der Waals surface area contributed by atoms with Crippen LogP contribution in [0.1, 0.15) is 78.1 Å². The lowest BCUT2D eigenvalue weighted by atomic mass is 10.1. The van der Waals surface area contributed by atoms with E-state index in [1.807, 2.05) is 0 Å². The fourth-order valence-corrected chi connectivity index (χ4v) is 2.60. The number of esters is 1. The first-order valence-electron chi connectivity index (χ1n) is 8.35. The summed E-state index contributed by atoms with van der Waals surface area (Å²) in [7, 11) is -4.54. The standard InChI is InChI=1S/C16H30O6S/c1-3-4-5-6-7-8-9-10-11-12-13-21-16(17)14-15(2)22-23(18,19)20/h12-13,15H,3-11,14H2,1-2H3,(H,18,19,20). The molecule has 0 amide bonds. The second kappa shape index (κ2) is 13.5. The topological polar surface area (TPSA) is 89.9 Å². The molecule has 0 aliphatic rings. The summed E-state index contributed by atoms with van der Waals surface area (Å²) >= 11 is 0. The van der Waals surface area contributed by atoms with Gasteiger partial charge in [-0.25, -0.2) is 4.18 Å². The Morgan fingerprint density at radius 3 is 2.22 bits per heavy atom. The van der Waals surface area contributed by atoms with E-state index in [1.165, 1.54) is 58.1 Å². The molecule has 1 atom stereocenters. The molecule has 0 aromatic heterocycles. The molecule has 1 unspecified atom stereocenters. The van der Waals surface area contributed by atoms with E-state index in [2.05, 4.69) is 11.1 Å². The van der Waals surface area contributed by atoms with Crippen molar-refractivity contribution in [1.82, 2.24) is 0 Å². The predicted octanol–water partition coefficient (Wildman–Crippen LogP) is 4.17. The molecule has 136 valence electrons. The van der Waals surface area contributed by atoms with Crippen LogP contribution in [0.4, 0.5) is 0 Å². The summed E-state index contributed by atoms with van der Waals surface area (Å²) in [6.07, 6.45) is 12.7. The molecule has 0 aromatic rings. The summed E-state index contributed by atoms with van der Waals surface area (Å²) in [6, 6.07) is 0. The third-order valence-corrected chi connectivity index (χ3v) is 3.83. The minimum atomic E-state index is -4.54. The van der Waals surface area contributed by atoms with Crippen molar-refractivity contribution in [3.63, 3.8) is 0 Å². The predicted molar refractivity (Wildman–Crippen MR) is 89.2 cm³/mol. The molecule has 23 heavy (non-hydrogen) atoms. The summed E-state index contributed by atoms with van der Waals surface area (Å²) in [6.45, 7) is 3.57. The molecule has 0 bridgehead atoms. The number of carbonyl (C=O) groups excluding carboxylic acids is 1. The van der Waals surface area contributed by atoms with Gasteiger partial charge in [0.2, 0.25) is 0 Å². The Morgan fingerprint density at radius 1 is 1.09 bits per heavy atom. The van der Waals surface area contributed by atoms with Gasteiger partial charge in [-0.15, -0.1) is 0 Å². The van der Waals surface area contributed by atoms with Crippen LogP contribution in [-0.4, -0.2) is 25.0 Å². The second-order valence-corrected chi connectivity index (χ2v) is 6.71. The summed E-state index contributed by atoms with van der Waals surface area (Å²) in [5.41, 5.74) is 0. The highest BCUT2D eigenvalue weighted by atomic mass is 32.3. The van der Waals surface area contributed by atoms with Gasteiger partial charge < -0.3 is 4.74 Å². The van der Waals surface area contributed by atoms with E-state index in [0.717, 1.165) is 12.8 Å². The first kappa shape index (κ1) is 22.1. The Bertz CT molecular complexity index is 430. The molecule has 1 N–H and O–H groups in total. The third-order valence-electron chi connectivity index (χ3n) is 3.26. The van der Waals surface area contributed by atoms with Gasteiger partial charge in [-0.2, -0.15) is 8.42 Å². The van der Waals surface area contributed by atoms with E-state index in [4.69, 9.17) is 9.29 Å². The Hall–Kier alpha value is -0.920. The lowest BCUT2D eigenvalue weighted by Gasteiger charge is -2.07. The Kier molecular flexibility index (Phi) is 13.0. The highest BCUT2D eigenvalue weighted by Gasteiger charge is 2.16. The highest BCUT2D eigenvalue weighted by molar-refractivity contribution is 7.80. The zero-order valence-electron chi connectivity index (χ0n) is 14.2. The average molecular weight is 350 g/mol. The van der Waals surface area contributed by atoms with Crippen LogP contribution in [-0.2, 0) is 24.1 Å². The van der Waals surface area contributed by atoms with Gasteiger partial charge in [0.25, 0.3) is 0 Å². The highest BCUT2D eigenvalue weighted by Crippen LogP contribution is 2.10. The largest absolute Gasteiger partial charge is 0.435 e. The van der Waals surface area contributed by atoms with Crippen molar-refractivity contribution in [2.75, 3.05) is 0 Å². The molecule has 0 saturated carbocycles. The molecule has 0 aromatic carbocycles. The van der Waals surface area contributed by atoms with Crippen LogP contribution in [0.2, 0.25) is 0 Å². The van der Waals surface area contributed by atoms with Gasteiger partial charge in [0.05, 0.1) is 18.8 Å². The van der Waals surface area contributed by atoms with Gasteiger partial charge in [0.15, 0.2) is 0 Å². The lowest BCUT2D eigenvalue weighted by Crippen LogP contribution is -2.18. The molecular formula is C16H30O6S. The first-order chi connectivity index (χ1) is 10.8. The van der Waals surface area contributed by atoms with Crippen molar-refractivity contribution in [1.29, 1.82) is 0 Å². The second-order valence-electron chi connectivity index (χ2n) is 5.66. The molecule has 0 heterocycles. The van der Waals surface area contributed by atoms with E-state index in [1.54, 1.807) is 6.08 Å². The molecule has 0 radical (unpaired) electrons. The summed E-state index contributed by atoms with van der Waals surface area (Å²) < 4.78 is 38.4. The molecular weight excluding hydrogens is 320 g/mol. The number of allylic oxidation sites excluding steroid dienone is 1. The minimum Gasteiger partial charge on any atom is -0.435 e. The van der Waals surface area contributed by atoms with Crippen molar-refractivity contribution in [3.05, 3.63) is 12.3 Å².